The van der Waals surface area contributed by atoms with Crippen LogP contribution < -0.4 is 4.90 Å². The summed E-state index contributed by atoms with van der Waals surface area (Å²) < 4.78 is 5.42. The van der Waals surface area contributed by atoms with E-state index in [4.69, 9.17) is 10.00 Å². The molecule has 1 aliphatic rings. The average Bonchev–Trinajstić information content (AvgIpc) is 3.48. The molecule has 0 aliphatic heterocycles. The fourth-order valence-electron chi connectivity index (χ4n) is 3.50. The molecule has 1 saturated carbocycles. The fourth-order valence-corrected chi connectivity index (χ4v) is 3.50. The van der Waals surface area contributed by atoms with Gasteiger partial charge in [0.05, 0.1) is 17.9 Å². The monoisotopic (exact) mass is 376 g/mol. The van der Waals surface area contributed by atoms with Crippen molar-refractivity contribution < 1.29 is 14.3 Å². The molecule has 0 atom stereocenters. The molecule has 1 aliphatic carbocycles. The minimum Gasteiger partial charge on any atom is -0.455 e. The molecule has 0 bridgehead atoms. The van der Waals surface area contributed by atoms with Gasteiger partial charge in [-0.25, -0.2) is 0 Å². The molecule has 0 radical (unpaired) electrons. The van der Waals surface area contributed by atoms with Gasteiger partial charge >= 0.3 is 5.97 Å². The topological polar surface area (TPSA) is 70.4 Å². The van der Waals surface area contributed by atoms with Gasteiger partial charge in [0.15, 0.2) is 6.61 Å². The van der Waals surface area contributed by atoms with Gasteiger partial charge in [0, 0.05) is 12.2 Å². The van der Waals surface area contributed by atoms with E-state index in [1.807, 2.05) is 62.4 Å². The maximum atomic E-state index is 12.8. The van der Waals surface area contributed by atoms with Crippen LogP contribution in [0.4, 0.5) is 5.69 Å². The lowest BCUT2D eigenvalue weighted by Gasteiger charge is -2.23. The number of hydrogen-bond donors (Lipinski definition) is 0. The Balaban J connectivity index is 1.70. The maximum absolute atomic E-state index is 12.8. The quantitative estimate of drug-likeness (QED) is 0.689. The maximum Gasteiger partial charge on any atom is 0.317 e. The zero-order valence-corrected chi connectivity index (χ0v) is 16.3. The van der Waals surface area contributed by atoms with Crippen LogP contribution in [0.5, 0.6) is 0 Å². The van der Waals surface area contributed by atoms with Crippen LogP contribution in [0.2, 0.25) is 0 Å². The number of esters is 1. The first-order chi connectivity index (χ1) is 13.5. The third kappa shape index (κ3) is 4.23. The van der Waals surface area contributed by atoms with Crippen LogP contribution in [0.25, 0.3) is 0 Å². The standard InChI is InChI=1S/C23H24N2O3/c1-17-13-18(2)15-20(14-17)25(12-6-11-24)21(26)16-28-22(27)23(9-10-23)19-7-4-3-5-8-19/h3-5,7-8,13-15H,6,9-10,12,16H2,1-2H3. The summed E-state index contributed by atoms with van der Waals surface area (Å²) in [5.74, 6) is -0.676. The Hall–Kier alpha value is -3.13. The summed E-state index contributed by atoms with van der Waals surface area (Å²) in [6, 6.07) is 17.4. The highest BCUT2D eigenvalue weighted by Gasteiger charge is 2.52. The van der Waals surface area contributed by atoms with Gasteiger partial charge in [0.2, 0.25) is 0 Å². The number of carbonyl (C=O) groups excluding carboxylic acids is 2. The van der Waals surface area contributed by atoms with E-state index in [2.05, 4.69) is 6.07 Å². The Morgan fingerprint density at radius 1 is 1.11 bits per heavy atom. The second-order valence-electron chi connectivity index (χ2n) is 7.32. The first-order valence-electron chi connectivity index (χ1n) is 9.45. The van der Waals surface area contributed by atoms with Crippen LogP contribution in [0.3, 0.4) is 0 Å². The number of benzene rings is 2. The minimum atomic E-state index is -0.612. The van der Waals surface area contributed by atoms with Gasteiger partial charge in [-0.3, -0.25) is 9.59 Å². The number of hydrogen-bond acceptors (Lipinski definition) is 4. The number of nitrogens with zero attached hydrogens (tertiary/aromatic N) is 2. The van der Waals surface area contributed by atoms with Crippen LogP contribution >= 0.6 is 0 Å². The third-order valence-corrected chi connectivity index (χ3v) is 5.06. The first-order valence-corrected chi connectivity index (χ1v) is 9.45. The Bertz CT molecular complexity index is 891. The highest BCUT2D eigenvalue weighted by Crippen LogP contribution is 2.49. The molecule has 0 aromatic heterocycles. The zero-order valence-electron chi connectivity index (χ0n) is 16.3. The fraction of sp³-hybridized carbons (Fsp3) is 0.348. The summed E-state index contributed by atoms with van der Waals surface area (Å²) >= 11 is 0. The second-order valence-corrected chi connectivity index (χ2v) is 7.32. The molecule has 28 heavy (non-hydrogen) atoms. The number of carbonyl (C=O) groups is 2. The summed E-state index contributed by atoms with van der Waals surface area (Å²) in [5, 5.41) is 8.94. The number of aryl methyl sites for hydroxylation is 2. The van der Waals surface area contributed by atoms with Crippen LogP contribution in [0.15, 0.2) is 48.5 Å². The number of rotatable bonds is 7. The van der Waals surface area contributed by atoms with Crippen molar-refractivity contribution in [2.75, 3.05) is 18.1 Å². The Morgan fingerprint density at radius 2 is 1.75 bits per heavy atom. The lowest BCUT2D eigenvalue weighted by molar-refractivity contribution is -0.150. The smallest absolute Gasteiger partial charge is 0.317 e. The van der Waals surface area contributed by atoms with Gasteiger partial charge in [-0.05, 0) is 55.5 Å². The number of ether oxygens (including phenoxy) is 1. The lowest BCUT2D eigenvalue weighted by atomic mass is 9.96. The van der Waals surface area contributed by atoms with Crippen molar-refractivity contribution in [2.24, 2.45) is 0 Å². The Morgan fingerprint density at radius 3 is 2.32 bits per heavy atom. The largest absolute Gasteiger partial charge is 0.455 e. The summed E-state index contributed by atoms with van der Waals surface area (Å²) in [6.45, 7) is 3.85. The summed E-state index contributed by atoms with van der Waals surface area (Å²) in [5.41, 5.74) is 3.10. The summed E-state index contributed by atoms with van der Waals surface area (Å²) in [6.07, 6.45) is 1.68. The first kappa shape index (κ1) is 19.6. The van der Waals surface area contributed by atoms with Crippen molar-refractivity contribution in [1.82, 2.24) is 0 Å². The molecule has 0 N–H and O–H groups in total. The minimum absolute atomic E-state index is 0.209. The number of nitriles is 1. The van der Waals surface area contributed by atoms with E-state index >= 15 is 0 Å². The molecular formula is C23H24N2O3. The highest BCUT2D eigenvalue weighted by atomic mass is 16.5. The predicted octanol–water partition coefficient (Wildman–Crippen LogP) is 3.83. The van der Waals surface area contributed by atoms with E-state index in [0.29, 0.717) is 0 Å². The molecule has 2 aromatic rings. The Labute approximate surface area is 165 Å². The molecule has 0 saturated heterocycles. The van der Waals surface area contributed by atoms with Crippen molar-refractivity contribution in [2.45, 2.75) is 38.5 Å². The van der Waals surface area contributed by atoms with Gasteiger partial charge in [-0.1, -0.05) is 36.4 Å². The second kappa shape index (κ2) is 8.26. The van der Waals surface area contributed by atoms with E-state index < -0.39 is 5.41 Å². The zero-order chi connectivity index (χ0) is 20.1. The molecule has 5 nitrogen and oxygen atoms in total. The van der Waals surface area contributed by atoms with Crippen molar-refractivity contribution in [1.29, 1.82) is 5.26 Å². The SMILES string of the molecule is Cc1cc(C)cc(N(CCC#N)C(=O)COC(=O)C2(c3ccccc3)CC2)c1. The molecule has 0 heterocycles. The molecule has 2 aromatic carbocycles. The van der Waals surface area contributed by atoms with Crippen molar-refractivity contribution in [3.8, 4) is 6.07 Å². The summed E-state index contributed by atoms with van der Waals surface area (Å²) in [7, 11) is 0. The van der Waals surface area contributed by atoms with E-state index in [1.165, 1.54) is 4.90 Å². The lowest BCUT2D eigenvalue weighted by Crippen LogP contribution is -2.37. The Kier molecular flexibility index (Phi) is 5.79. The van der Waals surface area contributed by atoms with Crippen molar-refractivity contribution >= 4 is 17.6 Å². The highest BCUT2D eigenvalue weighted by molar-refractivity contribution is 5.96. The van der Waals surface area contributed by atoms with Gasteiger partial charge in [0.25, 0.3) is 5.91 Å². The van der Waals surface area contributed by atoms with Crippen LogP contribution in [0.1, 0.15) is 36.0 Å². The molecule has 1 amide bonds. The molecule has 0 spiro atoms. The van der Waals surface area contributed by atoms with Gasteiger partial charge in [0.1, 0.15) is 0 Å². The van der Waals surface area contributed by atoms with Crippen LogP contribution in [0, 0.1) is 25.2 Å². The summed E-state index contributed by atoms with van der Waals surface area (Å²) in [4.78, 5) is 27.0. The van der Waals surface area contributed by atoms with E-state index in [0.717, 1.165) is 35.2 Å². The van der Waals surface area contributed by atoms with Crippen molar-refractivity contribution in [3.63, 3.8) is 0 Å². The number of amides is 1. The normalized spacial score (nSPS) is 14.0. The third-order valence-electron chi connectivity index (χ3n) is 5.06. The number of anilines is 1. The van der Waals surface area contributed by atoms with Gasteiger partial charge < -0.3 is 9.64 Å². The van der Waals surface area contributed by atoms with Crippen LogP contribution in [-0.2, 0) is 19.7 Å². The molecule has 1 fully saturated rings. The molecule has 3 rings (SSSR count). The molecule has 144 valence electrons. The molecule has 0 unspecified atom stereocenters. The van der Waals surface area contributed by atoms with Gasteiger partial charge in [-0.2, -0.15) is 5.26 Å². The van der Waals surface area contributed by atoms with E-state index in [9.17, 15) is 9.59 Å². The average molecular weight is 376 g/mol. The predicted molar refractivity (Wildman–Crippen MR) is 107 cm³/mol. The molecular weight excluding hydrogens is 352 g/mol. The van der Waals surface area contributed by atoms with Gasteiger partial charge in [-0.15, -0.1) is 0 Å². The van der Waals surface area contributed by atoms with Crippen molar-refractivity contribution in [3.05, 3.63) is 65.2 Å². The molecule has 5 heteroatoms. The van der Waals surface area contributed by atoms with E-state index in [1.54, 1.807) is 0 Å². The van der Waals surface area contributed by atoms with E-state index in [-0.39, 0.29) is 31.4 Å². The van der Waals surface area contributed by atoms with Crippen LogP contribution in [-0.4, -0.2) is 25.0 Å².